The van der Waals surface area contributed by atoms with E-state index in [1.165, 1.54) is 17.7 Å². The lowest BCUT2D eigenvalue weighted by molar-refractivity contribution is -0.384. The Morgan fingerprint density at radius 3 is 2.95 bits per heavy atom. The van der Waals surface area contributed by atoms with Crippen molar-refractivity contribution in [3.63, 3.8) is 0 Å². The van der Waals surface area contributed by atoms with E-state index in [1.54, 1.807) is 11.3 Å². The molecule has 1 atom stereocenters. The molecule has 6 heteroatoms. The lowest BCUT2D eigenvalue weighted by Gasteiger charge is -2.26. The number of nitro benzene ring substituents is 1. The number of nitro groups is 1. The molecule has 0 radical (unpaired) electrons. The van der Waals surface area contributed by atoms with Crippen LogP contribution in [-0.2, 0) is 0 Å². The highest BCUT2D eigenvalue weighted by molar-refractivity contribution is 7.08. The van der Waals surface area contributed by atoms with Crippen LogP contribution in [0, 0.1) is 15.9 Å². The van der Waals surface area contributed by atoms with Gasteiger partial charge in [0.25, 0.3) is 5.69 Å². The van der Waals surface area contributed by atoms with Crippen molar-refractivity contribution in [2.24, 2.45) is 0 Å². The largest absolute Gasteiger partial charge is 0.359 e. The van der Waals surface area contributed by atoms with Crippen LogP contribution in [0.4, 0.5) is 15.8 Å². The molecule has 2 aromatic rings. The van der Waals surface area contributed by atoms with Crippen molar-refractivity contribution >= 4 is 22.7 Å². The first kappa shape index (κ1) is 13.1. The maximum atomic E-state index is 13.2. The lowest BCUT2D eigenvalue weighted by atomic mass is 10.1. The number of halogens is 1. The van der Waals surface area contributed by atoms with E-state index in [4.69, 9.17) is 0 Å². The minimum atomic E-state index is -0.577. The molecule has 0 bridgehead atoms. The Morgan fingerprint density at radius 2 is 2.25 bits per heavy atom. The second-order valence-corrected chi connectivity index (χ2v) is 5.58. The molecule has 3 rings (SSSR count). The Balaban J connectivity index is 2.02. The highest BCUT2D eigenvalue weighted by atomic mass is 32.1. The van der Waals surface area contributed by atoms with Crippen LogP contribution in [0.1, 0.15) is 24.4 Å². The standard InChI is InChI=1S/C14H13FN2O2S/c15-11-3-4-13(14(8-11)17(18)19)16-6-1-2-12(16)10-5-7-20-9-10/h3-5,7-9,12H,1-2,6H2. The summed E-state index contributed by atoms with van der Waals surface area (Å²) in [6, 6.07) is 5.98. The number of benzene rings is 1. The second-order valence-electron chi connectivity index (χ2n) is 4.80. The zero-order valence-electron chi connectivity index (χ0n) is 10.7. The van der Waals surface area contributed by atoms with Gasteiger partial charge >= 0.3 is 0 Å². The second kappa shape index (κ2) is 5.20. The molecule has 1 aliphatic heterocycles. The Morgan fingerprint density at radius 1 is 1.40 bits per heavy atom. The molecular formula is C14H13FN2O2S. The highest BCUT2D eigenvalue weighted by Gasteiger charge is 2.31. The molecule has 0 amide bonds. The number of anilines is 1. The molecule has 20 heavy (non-hydrogen) atoms. The van der Waals surface area contributed by atoms with Crippen LogP contribution in [-0.4, -0.2) is 11.5 Å². The molecule has 2 heterocycles. The normalized spacial score (nSPS) is 18.4. The van der Waals surface area contributed by atoms with Crippen LogP contribution < -0.4 is 4.90 Å². The number of rotatable bonds is 3. The molecule has 0 N–H and O–H groups in total. The van der Waals surface area contributed by atoms with Gasteiger partial charge in [0.2, 0.25) is 0 Å². The lowest BCUT2D eigenvalue weighted by Crippen LogP contribution is -2.23. The fraction of sp³-hybridized carbons (Fsp3) is 0.286. The fourth-order valence-electron chi connectivity index (χ4n) is 2.75. The van der Waals surface area contributed by atoms with E-state index in [2.05, 4.69) is 5.38 Å². The van der Waals surface area contributed by atoms with Crippen molar-refractivity contribution in [3.05, 3.63) is 56.5 Å². The molecule has 104 valence electrons. The monoisotopic (exact) mass is 292 g/mol. The highest BCUT2D eigenvalue weighted by Crippen LogP contribution is 2.40. The third-order valence-corrected chi connectivity index (χ3v) is 4.33. The van der Waals surface area contributed by atoms with Gasteiger partial charge in [0.15, 0.2) is 0 Å². The van der Waals surface area contributed by atoms with Gasteiger partial charge in [-0.15, -0.1) is 0 Å². The summed E-state index contributed by atoms with van der Waals surface area (Å²) in [5.41, 5.74) is 1.52. The summed E-state index contributed by atoms with van der Waals surface area (Å²) in [4.78, 5) is 12.6. The first-order valence-electron chi connectivity index (χ1n) is 6.39. The molecule has 1 unspecified atom stereocenters. The molecule has 1 aromatic heterocycles. The van der Waals surface area contributed by atoms with Crippen molar-refractivity contribution in [1.82, 2.24) is 0 Å². The molecule has 4 nitrogen and oxygen atoms in total. The Kier molecular flexibility index (Phi) is 3.40. The predicted molar refractivity (Wildman–Crippen MR) is 76.7 cm³/mol. The molecule has 0 aliphatic carbocycles. The molecule has 1 fully saturated rings. The van der Waals surface area contributed by atoms with E-state index in [9.17, 15) is 14.5 Å². The first-order valence-corrected chi connectivity index (χ1v) is 7.34. The summed E-state index contributed by atoms with van der Waals surface area (Å²) in [6.07, 6.45) is 1.94. The SMILES string of the molecule is O=[N+]([O-])c1cc(F)ccc1N1CCCC1c1ccsc1. The van der Waals surface area contributed by atoms with Gasteiger partial charge in [0.1, 0.15) is 11.5 Å². The summed E-state index contributed by atoms with van der Waals surface area (Å²) in [6.45, 7) is 0.757. The van der Waals surface area contributed by atoms with Crippen molar-refractivity contribution in [2.45, 2.75) is 18.9 Å². The Hall–Kier alpha value is -1.95. The zero-order chi connectivity index (χ0) is 14.1. The number of thiophene rings is 1. The maximum Gasteiger partial charge on any atom is 0.295 e. The average Bonchev–Trinajstić information content (AvgIpc) is 3.09. The molecule has 0 spiro atoms. The van der Waals surface area contributed by atoms with Crippen LogP contribution in [0.3, 0.4) is 0 Å². The van der Waals surface area contributed by atoms with E-state index in [1.807, 2.05) is 16.3 Å². The summed E-state index contributed by atoms with van der Waals surface area (Å²) < 4.78 is 13.2. The molecule has 1 aromatic carbocycles. The number of hydrogen-bond donors (Lipinski definition) is 0. The first-order chi connectivity index (χ1) is 9.66. The summed E-state index contributed by atoms with van der Waals surface area (Å²) >= 11 is 1.62. The number of nitrogens with zero attached hydrogens (tertiary/aromatic N) is 2. The van der Waals surface area contributed by atoms with Crippen molar-refractivity contribution in [2.75, 3.05) is 11.4 Å². The maximum absolute atomic E-state index is 13.2. The van der Waals surface area contributed by atoms with E-state index in [0.717, 1.165) is 25.5 Å². The molecule has 1 saturated heterocycles. The predicted octanol–water partition coefficient (Wildman–Crippen LogP) is 4.14. The van der Waals surface area contributed by atoms with Crippen molar-refractivity contribution in [3.8, 4) is 0 Å². The Bertz CT molecular complexity index is 630. The van der Waals surface area contributed by atoms with Crippen molar-refractivity contribution < 1.29 is 9.31 Å². The van der Waals surface area contributed by atoms with Gasteiger partial charge in [-0.05, 0) is 47.4 Å². The number of hydrogen-bond acceptors (Lipinski definition) is 4. The summed E-state index contributed by atoms with van der Waals surface area (Å²) in [5.74, 6) is -0.577. The van der Waals surface area contributed by atoms with Crippen LogP contribution in [0.5, 0.6) is 0 Å². The zero-order valence-corrected chi connectivity index (χ0v) is 11.5. The quantitative estimate of drug-likeness (QED) is 0.631. The van der Waals surface area contributed by atoms with Crippen molar-refractivity contribution in [1.29, 1.82) is 0 Å². The van der Waals surface area contributed by atoms with Gasteiger partial charge in [0.05, 0.1) is 17.0 Å². The van der Waals surface area contributed by atoms with E-state index >= 15 is 0 Å². The van der Waals surface area contributed by atoms with Gasteiger partial charge in [-0.2, -0.15) is 11.3 Å². The Labute approximate surface area is 119 Å². The van der Waals surface area contributed by atoms with Gasteiger partial charge in [-0.1, -0.05) is 0 Å². The van der Waals surface area contributed by atoms with Crippen LogP contribution in [0.15, 0.2) is 35.0 Å². The third-order valence-electron chi connectivity index (χ3n) is 3.62. The smallest absolute Gasteiger partial charge is 0.295 e. The van der Waals surface area contributed by atoms with Gasteiger partial charge in [-0.25, -0.2) is 4.39 Å². The molecule has 0 saturated carbocycles. The van der Waals surface area contributed by atoms with E-state index < -0.39 is 10.7 Å². The fourth-order valence-corrected chi connectivity index (χ4v) is 3.46. The summed E-state index contributed by atoms with van der Waals surface area (Å²) in [7, 11) is 0. The van der Waals surface area contributed by atoms with Crippen LogP contribution >= 0.6 is 11.3 Å². The minimum Gasteiger partial charge on any atom is -0.359 e. The van der Waals surface area contributed by atoms with Crippen LogP contribution in [0.25, 0.3) is 0 Å². The van der Waals surface area contributed by atoms with E-state index in [0.29, 0.717) is 5.69 Å². The van der Waals surface area contributed by atoms with Gasteiger partial charge in [0, 0.05) is 6.54 Å². The van der Waals surface area contributed by atoms with Gasteiger partial charge in [-0.3, -0.25) is 10.1 Å². The topological polar surface area (TPSA) is 46.4 Å². The van der Waals surface area contributed by atoms with Crippen LogP contribution in [0.2, 0.25) is 0 Å². The van der Waals surface area contributed by atoms with E-state index in [-0.39, 0.29) is 11.7 Å². The molecule has 1 aliphatic rings. The average molecular weight is 292 g/mol. The summed E-state index contributed by atoms with van der Waals surface area (Å²) in [5, 5.41) is 15.2. The minimum absolute atomic E-state index is 0.144. The molecular weight excluding hydrogens is 279 g/mol. The van der Waals surface area contributed by atoms with Gasteiger partial charge < -0.3 is 4.90 Å². The third kappa shape index (κ3) is 2.27.